The summed E-state index contributed by atoms with van der Waals surface area (Å²) in [6.45, 7) is 0. The van der Waals surface area contributed by atoms with E-state index in [1.165, 1.54) is 0 Å². The number of hydrogen-bond donors (Lipinski definition) is 2. The molecule has 1 saturated carbocycles. The highest BCUT2D eigenvalue weighted by Gasteiger charge is 2.44. The number of pyridine rings is 3. The zero-order valence-electron chi connectivity index (χ0n) is 12.6. The van der Waals surface area contributed by atoms with E-state index < -0.39 is 0 Å². The first-order chi connectivity index (χ1) is 11.6. The standard InChI is InChI=1S/C17H14ClN5O/c18-14-4-10-5-15(21-8-13(10)16(19)22-14)23-17(24)12-6-11(12)9-2-1-3-20-7-9/h1-5,7-8,11-12H,6H2,(H2,19,22)(H,21,23,24). The third-order valence-electron chi connectivity index (χ3n) is 4.20. The van der Waals surface area contributed by atoms with Gasteiger partial charge in [0.1, 0.15) is 16.8 Å². The van der Waals surface area contributed by atoms with Gasteiger partial charge in [-0.1, -0.05) is 17.7 Å². The summed E-state index contributed by atoms with van der Waals surface area (Å²) in [5, 5.41) is 4.66. The van der Waals surface area contributed by atoms with Crippen molar-refractivity contribution < 1.29 is 4.79 Å². The minimum absolute atomic E-state index is 0.0381. The number of hydrogen-bond acceptors (Lipinski definition) is 5. The Kier molecular flexibility index (Phi) is 3.54. The predicted octanol–water partition coefficient (Wildman–Crippen LogP) is 3.00. The van der Waals surface area contributed by atoms with Crippen molar-refractivity contribution in [2.45, 2.75) is 12.3 Å². The molecule has 3 aromatic rings. The lowest BCUT2D eigenvalue weighted by Crippen LogP contribution is -2.15. The highest BCUT2D eigenvalue weighted by atomic mass is 35.5. The number of aromatic nitrogens is 3. The summed E-state index contributed by atoms with van der Waals surface area (Å²) in [6, 6.07) is 7.32. The number of amides is 1. The van der Waals surface area contributed by atoms with Crippen LogP contribution in [0.3, 0.4) is 0 Å². The topological polar surface area (TPSA) is 93.8 Å². The molecule has 3 aromatic heterocycles. The van der Waals surface area contributed by atoms with Crippen LogP contribution in [0, 0.1) is 5.92 Å². The highest BCUT2D eigenvalue weighted by Crippen LogP contribution is 2.47. The molecule has 0 aliphatic heterocycles. The number of halogens is 1. The lowest BCUT2D eigenvalue weighted by Gasteiger charge is -2.07. The van der Waals surface area contributed by atoms with Crippen LogP contribution in [0.1, 0.15) is 17.9 Å². The summed E-state index contributed by atoms with van der Waals surface area (Å²) in [4.78, 5) is 24.7. The monoisotopic (exact) mass is 339 g/mol. The summed E-state index contributed by atoms with van der Waals surface area (Å²) >= 11 is 5.92. The first-order valence-electron chi connectivity index (χ1n) is 7.54. The maximum Gasteiger partial charge on any atom is 0.229 e. The highest BCUT2D eigenvalue weighted by molar-refractivity contribution is 6.30. The molecule has 3 heterocycles. The van der Waals surface area contributed by atoms with Gasteiger partial charge in [0.25, 0.3) is 0 Å². The van der Waals surface area contributed by atoms with Crippen LogP contribution in [0.2, 0.25) is 5.15 Å². The van der Waals surface area contributed by atoms with Crippen LogP contribution in [0.5, 0.6) is 0 Å². The van der Waals surface area contributed by atoms with E-state index in [0.717, 1.165) is 17.4 Å². The summed E-state index contributed by atoms with van der Waals surface area (Å²) in [5.74, 6) is 0.947. The number of nitrogens with zero attached hydrogens (tertiary/aromatic N) is 3. The van der Waals surface area contributed by atoms with Gasteiger partial charge in [0.05, 0.1) is 0 Å². The van der Waals surface area contributed by atoms with Crippen LogP contribution in [0.15, 0.2) is 42.9 Å². The van der Waals surface area contributed by atoms with E-state index in [0.29, 0.717) is 22.2 Å². The van der Waals surface area contributed by atoms with Gasteiger partial charge in [-0.3, -0.25) is 9.78 Å². The Balaban J connectivity index is 1.52. The number of carbonyl (C=O) groups is 1. The summed E-state index contributed by atoms with van der Waals surface area (Å²) < 4.78 is 0. The predicted molar refractivity (Wildman–Crippen MR) is 92.7 cm³/mol. The second-order valence-corrected chi connectivity index (χ2v) is 6.23. The zero-order chi connectivity index (χ0) is 16.7. The summed E-state index contributed by atoms with van der Waals surface area (Å²) in [5.41, 5.74) is 6.91. The van der Waals surface area contributed by atoms with Crippen LogP contribution in [0.25, 0.3) is 10.8 Å². The van der Waals surface area contributed by atoms with E-state index >= 15 is 0 Å². The first kappa shape index (κ1) is 14.8. The minimum atomic E-state index is -0.0437. The van der Waals surface area contributed by atoms with Gasteiger partial charge >= 0.3 is 0 Å². The molecule has 120 valence electrons. The van der Waals surface area contributed by atoms with Gasteiger partial charge in [-0.05, 0) is 41.5 Å². The molecule has 24 heavy (non-hydrogen) atoms. The van der Waals surface area contributed by atoms with Crippen molar-refractivity contribution in [1.29, 1.82) is 0 Å². The number of rotatable bonds is 3. The molecule has 1 aliphatic rings. The SMILES string of the molecule is Nc1nc(Cl)cc2cc(NC(=O)C3CC3c3cccnc3)ncc12. The van der Waals surface area contributed by atoms with Gasteiger partial charge in [0, 0.05) is 29.9 Å². The third kappa shape index (κ3) is 2.76. The van der Waals surface area contributed by atoms with Crippen molar-refractivity contribution in [2.75, 3.05) is 11.1 Å². The van der Waals surface area contributed by atoms with E-state index in [9.17, 15) is 4.79 Å². The van der Waals surface area contributed by atoms with Gasteiger partial charge < -0.3 is 11.1 Å². The van der Waals surface area contributed by atoms with E-state index in [1.54, 1.807) is 24.5 Å². The quantitative estimate of drug-likeness (QED) is 0.715. The molecule has 1 amide bonds. The molecular formula is C17H14ClN5O. The Hall–Kier alpha value is -2.73. The summed E-state index contributed by atoms with van der Waals surface area (Å²) in [7, 11) is 0. The van der Waals surface area contributed by atoms with Crippen LogP contribution in [-0.2, 0) is 4.79 Å². The molecule has 3 N–H and O–H groups in total. The molecule has 0 saturated heterocycles. The molecule has 6 nitrogen and oxygen atoms in total. The van der Waals surface area contributed by atoms with Crippen molar-refractivity contribution in [3.05, 3.63) is 53.6 Å². The van der Waals surface area contributed by atoms with Gasteiger partial charge in [0.2, 0.25) is 5.91 Å². The van der Waals surface area contributed by atoms with Gasteiger partial charge in [0.15, 0.2) is 0 Å². The third-order valence-corrected chi connectivity index (χ3v) is 4.40. The molecule has 7 heteroatoms. The summed E-state index contributed by atoms with van der Waals surface area (Å²) in [6.07, 6.45) is 5.96. The molecule has 2 atom stereocenters. The van der Waals surface area contributed by atoms with E-state index in [4.69, 9.17) is 17.3 Å². The van der Waals surface area contributed by atoms with Crippen LogP contribution >= 0.6 is 11.6 Å². The van der Waals surface area contributed by atoms with Crippen LogP contribution < -0.4 is 11.1 Å². The van der Waals surface area contributed by atoms with Crippen LogP contribution in [0.4, 0.5) is 11.6 Å². The Labute approximate surface area is 143 Å². The number of nitrogens with two attached hydrogens (primary N) is 1. The fraction of sp³-hybridized carbons (Fsp3) is 0.176. The first-order valence-corrected chi connectivity index (χ1v) is 7.92. The second-order valence-electron chi connectivity index (χ2n) is 5.85. The fourth-order valence-corrected chi connectivity index (χ4v) is 3.08. The Morgan fingerprint density at radius 1 is 1.33 bits per heavy atom. The zero-order valence-corrected chi connectivity index (χ0v) is 13.4. The molecule has 2 unspecified atom stereocenters. The lowest BCUT2D eigenvalue weighted by atomic mass is 10.1. The maximum absolute atomic E-state index is 12.4. The molecular weight excluding hydrogens is 326 g/mol. The van der Waals surface area contributed by atoms with E-state index in [-0.39, 0.29) is 17.7 Å². The average Bonchev–Trinajstić information content (AvgIpc) is 3.36. The molecule has 4 rings (SSSR count). The van der Waals surface area contributed by atoms with Crippen LogP contribution in [-0.4, -0.2) is 20.9 Å². The Morgan fingerprint density at radius 2 is 2.21 bits per heavy atom. The smallest absolute Gasteiger partial charge is 0.229 e. The van der Waals surface area contributed by atoms with Crippen molar-refractivity contribution in [3.63, 3.8) is 0 Å². The van der Waals surface area contributed by atoms with Gasteiger partial charge in [-0.25, -0.2) is 9.97 Å². The van der Waals surface area contributed by atoms with E-state index in [2.05, 4.69) is 20.3 Å². The molecule has 1 fully saturated rings. The average molecular weight is 340 g/mol. The normalized spacial score (nSPS) is 19.2. The molecule has 0 aromatic carbocycles. The largest absolute Gasteiger partial charge is 0.383 e. The molecule has 0 spiro atoms. The Morgan fingerprint density at radius 3 is 3.00 bits per heavy atom. The maximum atomic E-state index is 12.4. The molecule has 0 radical (unpaired) electrons. The number of nitrogen functional groups attached to an aromatic ring is 1. The van der Waals surface area contributed by atoms with E-state index in [1.807, 2.05) is 18.3 Å². The molecule has 1 aliphatic carbocycles. The lowest BCUT2D eigenvalue weighted by molar-refractivity contribution is -0.117. The second kappa shape index (κ2) is 5.72. The Bertz CT molecular complexity index is 931. The number of fused-ring (bicyclic) bond motifs is 1. The van der Waals surface area contributed by atoms with Crippen molar-refractivity contribution in [3.8, 4) is 0 Å². The van der Waals surface area contributed by atoms with Crippen molar-refractivity contribution >= 4 is 39.9 Å². The fourth-order valence-electron chi connectivity index (χ4n) is 2.88. The van der Waals surface area contributed by atoms with Gasteiger partial charge in [-0.15, -0.1) is 0 Å². The van der Waals surface area contributed by atoms with Crippen molar-refractivity contribution in [2.24, 2.45) is 5.92 Å². The number of anilines is 2. The van der Waals surface area contributed by atoms with Crippen molar-refractivity contribution in [1.82, 2.24) is 15.0 Å². The molecule has 0 bridgehead atoms. The van der Waals surface area contributed by atoms with Gasteiger partial charge in [-0.2, -0.15) is 0 Å². The minimum Gasteiger partial charge on any atom is -0.383 e. The number of nitrogens with one attached hydrogen (secondary N) is 1. The number of carbonyl (C=O) groups excluding carboxylic acids is 1.